The molecule has 4 atom stereocenters. The van der Waals surface area contributed by atoms with E-state index in [4.69, 9.17) is 10.6 Å². The largest absolute Gasteiger partial charge is 0.368 e. The zero-order valence-corrected chi connectivity index (χ0v) is 20.4. The van der Waals surface area contributed by atoms with Gasteiger partial charge in [0.2, 0.25) is 11.8 Å². The fourth-order valence-electron chi connectivity index (χ4n) is 5.42. The van der Waals surface area contributed by atoms with Gasteiger partial charge in [0, 0.05) is 0 Å². The minimum Gasteiger partial charge on any atom is -0.368 e. The first kappa shape index (κ1) is 23.8. The number of carbonyl (C=O) groups excluding carboxylic acids is 3. The van der Waals surface area contributed by atoms with Gasteiger partial charge in [-0.15, -0.1) is 0 Å². The van der Waals surface area contributed by atoms with Gasteiger partial charge >= 0.3 is 0 Å². The van der Waals surface area contributed by atoms with E-state index in [9.17, 15) is 14.4 Å². The van der Waals surface area contributed by atoms with Gasteiger partial charge in [-0.05, 0) is 34.4 Å². The number of carbonyl (C=O) groups is 3. The molecule has 188 valence electrons. The van der Waals surface area contributed by atoms with E-state index in [1.165, 1.54) is 9.96 Å². The fraction of sp³-hybridized carbons (Fsp3) is 0.129. The standard InChI is InChI=1S/C31H25N3O4/c32-29(35)27(22-12-6-2-7-13-22)34-26(23-18-16-21(17-19-23)20-10-4-1-5-11-20)25-28(38-34)31(37)33(30(25)36)24-14-8-3-9-15-24/h1-19,25-28H,(H2,32,35). The van der Waals surface area contributed by atoms with Gasteiger partial charge in [0.05, 0.1) is 17.6 Å². The minimum absolute atomic E-state index is 0.373. The number of benzene rings is 4. The molecule has 2 aliphatic rings. The summed E-state index contributed by atoms with van der Waals surface area (Å²) in [6.45, 7) is 0. The summed E-state index contributed by atoms with van der Waals surface area (Å²) >= 11 is 0. The van der Waals surface area contributed by atoms with Gasteiger partial charge in [0.25, 0.3) is 5.91 Å². The van der Waals surface area contributed by atoms with Gasteiger partial charge in [-0.3, -0.25) is 19.2 Å². The minimum atomic E-state index is -1.08. The van der Waals surface area contributed by atoms with E-state index in [2.05, 4.69) is 0 Å². The van der Waals surface area contributed by atoms with Gasteiger partial charge in [-0.25, -0.2) is 4.90 Å². The molecule has 0 bridgehead atoms. The molecule has 2 aliphatic heterocycles. The summed E-state index contributed by atoms with van der Waals surface area (Å²) in [6.07, 6.45) is -1.08. The number of anilines is 1. The van der Waals surface area contributed by atoms with Gasteiger partial charge < -0.3 is 5.73 Å². The van der Waals surface area contributed by atoms with Crippen LogP contribution in [0.15, 0.2) is 115 Å². The van der Waals surface area contributed by atoms with Crippen LogP contribution in [0.5, 0.6) is 0 Å². The molecule has 4 aromatic carbocycles. The highest BCUT2D eigenvalue weighted by Gasteiger charge is 2.61. The number of para-hydroxylation sites is 1. The van der Waals surface area contributed by atoms with Crippen molar-refractivity contribution in [2.45, 2.75) is 18.2 Å². The van der Waals surface area contributed by atoms with Crippen molar-refractivity contribution in [2.75, 3.05) is 4.90 Å². The number of fused-ring (bicyclic) bond motifs is 1. The lowest BCUT2D eigenvalue weighted by Gasteiger charge is -2.32. The third-order valence-corrected chi connectivity index (χ3v) is 7.16. The van der Waals surface area contributed by atoms with Crippen molar-refractivity contribution >= 4 is 23.4 Å². The lowest BCUT2D eigenvalue weighted by Crippen LogP contribution is -2.42. The predicted octanol–water partition coefficient (Wildman–Crippen LogP) is 4.43. The summed E-state index contributed by atoms with van der Waals surface area (Å²) in [5.41, 5.74) is 9.79. The molecule has 0 saturated carbocycles. The second-order valence-corrected chi connectivity index (χ2v) is 9.41. The molecule has 2 heterocycles. The number of nitrogens with two attached hydrogens (primary N) is 1. The summed E-state index contributed by atoms with van der Waals surface area (Å²) in [5.74, 6) is -2.32. The average Bonchev–Trinajstić information content (AvgIpc) is 3.45. The van der Waals surface area contributed by atoms with Gasteiger partial charge in [0.1, 0.15) is 6.04 Å². The molecule has 38 heavy (non-hydrogen) atoms. The van der Waals surface area contributed by atoms with Crippen molar-refractivity contribution in [1.82, 2.24) is 5.06 Å². The quantitative estimate of drug-likeness (QED) is 0.393. The maximum Gasteiger partial charge on any atom is 0.265 e. The Labute approximate surface area is 220 Å². The number of imide groups is 1. The SMILES string of the molecule is NC(=O)C(c1ccccc1)N1OC2C(=O)N(c3ccccc3)C(=O)C2C1c1ccc(-c2ccccc2)cc1. The lowest BCUT2D eigenvalue weighted by atomic mass is 9.88. The Bertz CT molecular complexity index is 1480. The first-order valence-electron chi connectivity index (χ1n) is 12.4. The Morgan fingerprint density at radius 2 is 1.26 bits per heavy atom. The molecule has 0 radical (unpaired) electrons. The highest BCUT2D eigenvalue weighted by atomic mass is 16.7. The van der Waals surface area contributed by atoms with Crippen molar-refractivity contribution < 1.29 is 19.2 Å². The van der Waals surface area contributed by atoms with Crippen molar-refractivity contribution in [2.24, 2.45) is 11.7 Å². The van der Waals surface area contributed by atoms with E-state index < -0.39 is 35.9 Å². The van der Waals surface area contributed by atoms with E-state index in [1.54, 1.807) is 48.5 Å². The van der Waals surface area contributed by atoms with Crippen LogP contribution in [-0.2, 0) is 19.2 Å². The molecule has 3 amide bonds. The van der Waals surface area contributed by atoms with Crippen LogP contribution in [0.3, 0.4) is 0 Å². The molecule has 4 unspecified atom stereocenters. The van der Waals surface area contributed by atoms with E-state index in [-0.39, 0.29) is 5.91 Å². The van der Waals surface area contributed by atoms with Crippen molar-refractivity contribution in [3.05, 3.63) is 126 Å². The number of rotatable bonds is 6. The van der Waals surface area contributed by atoms with Crippen LogP contribution in [0.2, 0.25) is 0 Å². The zero-order chi connectivity index (χ0) is 26.2. The van der Waals surface area contributed by atoms with Crippen LogP contribution >= 0.6 is 0 Å². The van der Waals surface area contributed by atoms with Gasteiger partial charge in [-0.1, -0.05) is 103 Å². The molecule has 0 spiro atoms. The van der Waals surface area contributed by atoms with Gasteiger partial charge in [0.15, 0.2) is 6.10 Å². The van der Waals surface area contributed by atoms with Crippen molar-refractivity contribution in [3.63, 3.8) is 0 Å². The number of hydrogen-bond acceptors (Lipinski definition) is 5. The average molecular weight is 504 g/mol. The Morgan fingerprint density at radius 1 is 0.711 bits per heavy atom. The van der Waals surface area contributed by atoms with Crippen LogP contribution < -0.4 is 10.6 Å². The number of amides is 3. The van der Waals surface area contributed by atoms with Crippen LogP contribution in [0.4, 0.5) is 5.69 Å². The molecule has 2 saturated heterocycles. The maximum atomic E-state index is 13.8. The van der Waals surface area contributed by atoms with Crippen molar-refractivity contribution in [1.29, 1.82) is 0 Å². The molecular weight excluding hydrogens is 478 g/mol. The van der Waals surface area contributed by atoms with E-state index in [0.29, 0.717) is 11.3 Å². The van der Waals surface area contributed by atoms with Crippen LogP contribution in [-0.4, -0.2) is 28.9 Å². The van der Waals surface area contributed by atoms with Crippen LogP contribution in [0.25, 0.3) is 11.1 Å². The molecule has 7 nitrogen and oxygen atoms in total. The lowest BCUT2D eigenvalue weighted by molar-refractivity contribution is -0.196. The van der Waals surface area contributed by atoms with Crippen LogP contribution in [0, 0.1) is 5.92 Å². The Morgan fingerprint density at radius 3 is 1.87 bits per heavy atom. The van der Waals surface area contributed by atoms with E-state index >= 15 is 0 Å². The number of hydroxylamine groups is 2. The smallest absolute Gasteiger partial charge is 0.265 e. The topological polar surface area (TPSA) is 92.9 Å². The second-order valence-electron chi connectivity index (χ2n) is 9.41. The second kappa shape index (κ2) is 9.70. The first-order chi connectivity index (χ1) is 18.5. The van der Waals surface area contributed by atoms with Gasteiger partial charge in [-0.2, -0.15) is 5.06 Å². The van der Waals surface area contributed by atoms with E-state index in [0.717, 1.165) is 16.7 Å². The highest BCUT2D eigenvalue weighted by Crippen LogP contribution is 2.49. The molecule has 2 fully saturated rings. The monoisotopic (exact) mass is 503 g/mol. The number of hydrogen-bond donors (Lipinski definition) is 1. The Kier molecular flexibility index (Phi) is 6.07. The molecular formula is C31H25N3O4. The highest BCUT2D eigenvalue weighted by molar-refractivity contribution is 6.23. The van der Waals surface area contributed by atoms with Crippen LogP contribution in [0.1, 0.15) is 23.2 Å². The summed E-state index contributed by atoms with van der Waals surface area (Å²) in [6, 6.07) is 33.8. The first-order valence-corrected chi connectivity index (χ1v) is 12.4. The molecule has 7 heteroatoms. The summed E-state index contributed by atoms with van der Waals surface area (Å²) in [7, 11) is 0. The zero-order valence-electron chi connectivity index (χ0n) is 20.4. The molecule has 2 N–H and O–H groups in total. The Balaban J connectivity index is 1.44. The fourth-order valence-corrected chi connectivity index (χ4v) is 5.42. The molecule has 6 rings (SSSR count). The van der Waals surface area contributed by atoms with E-state index in [1.807, 2.05) is 66.7 Å². The normalized spacial score (nSPS) is 21.9. The maximum absolute atomic E-state index is 13.8. The summed E-state index contributed by atoms with van der Waals surface area (Å²) in [5, 5.41) is 1.45. The molecule has 4 aromatic rings. The Hall–Kier alpha value is -4.59. The molecule has 0 aliphatic carbocycles. The molecule has 0 aromatic heterocycles. The number of primary amides is 1. The van der Waals surface area contributed by atoms with Crippen molar-refractivity contribution in [3.8, 4) is 11.1 Å². The third-order valence-electron chi connectivity index (χ3n) is 7.16. The summed E-state index contributed by atoms with van der Waals surface area (Å²) in [4.78, 5) is 47.5. The summed E-state index contributed by atoms with van der Waals surface area (Å²) < 4.78 is 0. The third kappa shape index (κ3) is 3.98. The predicted molar refractivity (Wildman–Crippen MR) is 142 cm³/mol. The number of nitrogens with zero attached hydrogens (tertiary/aromatic N) is 2.